The summed E-state index contributed by atoms with van der Waals surface area (Å²) >= 11 is 0. The van der Waals surface area contributed by atoms with Crippen molar-refractivity contribution in [3.63, 3.8) is 0 Å². The lowest BCUT2D eigenvalue weighted by atomic mass is 10.1. The number of halogens is 1. The lowest BCUT2D eigenvalue weighted by Crippen LogP contribution is -2.40. The smallest absolute Gasteiger partial charge is 0.259 e. The molecular formula is C19H27FN4O3. The van der Waals surface area contributed by atoms with E-state index >= 15 is 0 Å². The Hall–Kier alpha value is -2.61. The number of ether oxygens (including phenoxy) is 1. The zero-order valence-corrected chi connectivity index (χ0v) is 16.7. The monoisotopic (exact) mass is 378 g/mol. The van der Waals surface area contributed by atoms with E-state index in [1.54, 1.807) is 19.0 Å². The number of likely N-dealkylation sites (N-methyl/N-ethyl adjacent to an activating group) is 1. The van der Waals surface area contributed by atoms with Gasteiger partial charge in [0.25, 0.3) is 5.91 Å². The standard InChI is InChI=1S/C19H27FN4O3/c1-7-13(23(2)3)11-21-19(25)16-17(27-22-18(16)24(4)5)12-8-9-14(20)15(10-12)26-6/h8-10,13H,7,11H2,1-6H3,(H,21,25). The molecule has 148 valence electrons. The molecule has 0 fully saturated rings. The van der Waals surface area contributed by atoms with Gasteiger partial charge in [-0.15, -0.1) is 0 Å². The number of hydrogen-bond acceptors (Lipinski definition) is 6. The van der Waals surface area contributed by atoms with Gasteiger partial charge in [-0.2, -0.15) is 0 Å². The second-order valence-electron chi connectivity index (χ2n) is 6.69. The van der Waals surface area contributed by atoms with Crippen molar-refractivity contribution in [3.8, 4) is 17.1 Å². The third kappa shape index (κ3) is 4.57. The summed E-state index contributed by atoms with van der Waals surface area (Å²) in [7, 11) is 8.88. The molecule has 0 bridgehead atoms. The van der Waals surface area contributed by atoms with Crippen LogP contribution in [0.25, 0.3) is 11.3 Å². The maximum absolute atomic E-state index is 13.7. The van der Waals surface area contributed by atoms with Gasteiger partial charge in [-0.3, -0.25) is 4.79 Å². The van der Waals surface area contributed by atoms with Gasteiger partial charge in [-0.1, -0.05) is 12.1 Å². The topological polar surface area (TPSA) is 70.8 Å². The van der Waals surface area contributed by atoms with Crippen LogP contribution < -0.4 is 15.0 Å². The molecule has 1 unspecified atom stereocenters. The van der Waals surface area contributed by atoms with Crippen molar-refractivity contribution in [3.05, 3.63) is 29.6 Å². The Morgan fingerprint density at radius 1 is 1.33 bits per heavy atom. The first kappa shape index (κ1) is 20.7. The minimum absolute atomic E-state index is 0.0697. The van der Waals surface area contributed by atoms with E-state index in [0.29, 0.717) is 23.5 Å². The van der Waals surface area contributed by atoms with Crippen LogP contribution in [0.1, 0.15) is 23.7 Å². The van der Waals surface area contributed by atoms with Crippen LogP contribution in [0.2, 0.25) is 0 Å². The average molecular weight is 378 g/mol. The highest BCUT2D eigenvalue weighted by Gasteiger charge is 2.26. The zero-order valence-electron chi connectivity index (χ0n) is 16.7. The molecule has 1 amide bonds. The zero-order chi connectivity index (χ0) is 20.1. The van der Waals surface area contributed by atoms with Crippen molar-refractivity contribution in [1.29, 1.82) is 0 Å². The highest BCUT2D eigenvalue weighted by molar-refractivity contribution is 6.04. The van der Waals surface area contributed by atoms with Gasteiger partial charge >= 0.3 is 0 Å². The minimum Gasteiger partial charge on any atom is -0.494 e. The molecule has 0 aliphatic carbocycles. The first-order valence-corrected chi connectivity index (χ1v) is 8.75. The fourth-order valence-corrected chi connectivity index (χ4v) is 2.78. The molecule has 2 rings (SSSR count). The summed E-state index contributed by atoms with van der Waals surface area (Å²) in [6, 6.07) is 4.50. The van der Waals surface area contributed by atoms with Gasteiger partial charge in [0.15, 0.2) is 23.1 Å². The molecule has 8 heteroatoms. The summed E-state index contributed by atoms with van der Waals surface area (Å²) in [5, 5.41) is 6.97. The molecule has 1 N–H and O–H groups in total. The van der Waals surface area contributed by atoms with Crippen LogP contribution in [0.3, 0.4) is 0 Å². The maximum Gasteiger partial charge on any atom is 0.259 e. The number of benzene rings is 1. The summed E-state index contributed by atoms with van der Waals surface area (Å²) in [5.74, 6) is -0.0358. The Balaban J connectivity index is 2.40. The van der Waals surface area contributed by atoms with Crippen LogP contribution >= 0.6 is 0 Å². The van der Waals surface area contributed by atoms with Crippen LogP contribution in [-0.4, -0.2) is 63.9 Å². The molecule has 0 spiro atoms. The number of hydrogen-bond donors (Lipinski definition) is 1. The van der Waals surface area contributed by atoms with Gasteiger partial charge in [0, 0.05) is 32.2 Å². The Kier molecular flexibility index (Phi) is 6.79. The SMILES string of the molecule is CCC(CNC(=O)c1c(N(C)C)noc1-c1ccc(F)c(OC)c1)N(C)C. The van der Waals surface area contributed by atoms with Crippen LogP contribution in [0.4, 0.5) is 10.2 Å². The second kappa shape index (κ2) is 8.85. The van der Waals surface area contributed by atoms with Crippen molar-refractivity contribution < 1.29 is 18.4 Å². The molecule has 7 nitrogen and oxygen atoms in total. The van der Waals surface area contributed by atoms with Crippen molar-refractivity contribution in [2.24, 2.45) is 0 Å². The quantitative estimate of drug-likeness (QED) is 0.761. The summed E-state index contributed by atoms with van der Waals surface area (Å²) in [6.07, 6.45) is 0.902. The van der Waals surface area contributed by atoms with Crippen LogP contribution in [-0.2, 0) is 0 Å². The molecule has 0 aliphatic rings. The lowest BCUT2D eigenvalue weighted by molar-refractivity contribution is 0.0942. The molecular weight excluding hydrogens is 351 g/mol. The fraction of sp³-hybridized carbons (Fsp3) is 0.474. The van der Waals surface area contributed by atoms with Gasteiger partial charge < -0.3 is 24.4 Å². The molecule has 1 aromatic carbocycles. The van der Waals surface area contributed by atoms with Crippen LogP contribution in [0, 0.1) is 5.82 Å². The highest BCUT2D eigenvalue weighted by atomic mass is 19.1. The first-order valence-electron chi connectivity index (χ1n) is 8.75. The molecule has 0 aliphatic heterocycles. The predicted molar refractivity (Wildman–Crippen MR) is 103 cm³/mol. The maximum atomic E-state index is 13.7. The summed E-state index contributed by atoms with van der Waals surface area (Å²) < 4.78 is 24.2. The Labute approximate surface area is 159 Å². The number of nitrogens with one attached hydrogen (secondary N) is 1. The Morgan fingerprint density at radius 2 is 2.04 bits per heavy atom. The van der Waals surface area contributed by atoms with Gasteiger partial charge in [0.05, 0.1) is 7.11 Å². The van der Waals surface area contributed by atoms with Gasteiger partial charge in [-0.05, 0) is 38.7 Å². The number of carbonyl (C=O) groups excluding carboxylic acids is 1. The molecule has 2 aromatic rings. The average Bonchev–Trinajstić information content (AvgIpc) is 3.07. The predicted octanol–water partition coefficient (Wildman–Crippen LogP) is 2.63. The largest absolute Gasteiger partial charge is 0.494 e. The number of anilines is 1. The number of nitrogens with zero attached hydrogens (tertiary/aromatic N) is 3. The van der Waals surface area contributed by atoms with Gasteiger partial charge in [0.1, 0.15) is 5.56 Å². The summed E-state index contributed by atoms with van der Waals surface area (Å²) in [6.45, 7) is 2.56. The van der Waals surface area contributed by atoms with Crippen molar-refractivity contribution in [1.82, 2.24) is 15.4 Å². The molecule has 0 saturated carbocycles. The number of carbonyl (C=O) groups is 1. The summed E-state index contributed by atoms with van der Waals surface area (Å²) in [4.78, 5) is 16.7. The number of aromatic nitrogens is 1. The number of rotatable bonds is 8. The highest BCUT2D eigenvalue weighted by Crippen LogP contribution is 2.33. The van der Waals surface area contributed by atoms with E-state index in [4.69, 9.17) is 9.26 Å². The van der Waals surface area contributed by atoms with Crippen LogP contribution in [0.5, 0.6) is 5.75 Å². The Morgan fingerprint density at radius 3 is 2.59 bits per heavy atom. The molecule has 1 aromatic heterocycles. The van der Waals surface area contributed by atoms with Crippen molar-refractivity contribution in [2.75, 3.05) is 46.7 Å². The lowest BCUT2D eigenvalue weighted by Gasteiger charge is -2.23. The third-order valence-corrected chi connectivity index (χ3v) is 4.44. The molecule has 27 heavy (non-hydrogen) atoms. The van der Waals surface area contributed by atoms with E-state index in [1.165, 1.54) is 25.3 Å². The molecule has 0 saturated heterocycles. The number of amides is 1. The summed E-state index contributed by atoms with van der Waals surface area (Å²) in [5.41, 5.74) is 0.820. The van der Waals surface area contributed by atoms with Gasteiger partial charge in [-0.25, -0.2) is 4.39 Å². The minimum atomic E-state index is -0.489. The molecule has 1 atom stereocenters. The second-order valence-corrected chi connectivity index (χ2v) is 6.69. The fourth-order valence-electron chi connectivity index (χ4n) is 2.78. The van der Waals surface area contributed by atoms with Crippen molar-refractivity contribution in [2.45, 2.75) is 19.4 Å². The first-order chi connectivity index (χ1) is 12.8. The molecule has 1 heterocycles. The van der Waals surface area contributed by atoms with Crippen LogP contribution in [0.15, 0.2) is 22.7 Å². The van der Waals surface area contributed by atoms with E-state index in [1.807, 2.05) is 14.1 Å². The van der Waals surface area contributed by atoms with Gasteiger partial charge in [0.2, 0.25) is 0 Å². The molecule has 0 radical (unpaired) electrons. The van der Waals surface area contributed by atoms with Crippen molar-refractivity contribution >= 4 is 11.7 Å². The van der Waals surface area contributed by atoms with E-state index in [-0.39, 0.29) is 23.5 Å². The Bertz CT molecular complexity index is 789. The van der Waals surface area contributed by atoms with E-state index in [0.717, 1.165) is 6.42 Å². The number of methoxy groups -OCH3 is 1. The van der Waals surface area contributed by atoms with E-state index < -0.39 is 5.82 Å². The normalized spacial score (nSPS) is 12.1. The third-order valence-electron chi connectivity index (χ3n) is 4.44. The van der Waals surface area contributed by atoms with E-state index in [2.05, 4.69) is 22.3 Å². The van der Waals surface area contributed by atoms with E-state index in [9.17, 15) is 9.18 Å².